The zero-order valence-corrected chi connectivity index (χ0v) is 15.1. The third-order valence-electron chi connectivity index (χ3n) is 5.00. The smallest absolute Gasteiger partial charge is 0.187 e. The van der Waals surface area contributed by atoms with Crippen LogP contribution in [0.25, 0.3) is 11.1 Å². The van der Waals surface area contributed by atoms with E-state index >= 15 is 0 Å². The number of aromatic nitrogens is 1. The average molecular weight is 368 g/mol. The van der Waals surface area contributed by atoms with Gasteiger partial charge in [-0.3, -0.25) is 9.78 Å². The number of nitrogens with two attached hydrogens (primary N) is 1. The minimum atomic E-state index is -0.583. The number of nitrogens with one attached hydrogen (secondary N) is 1. The minimum Gasteiger partial charge on any atom is -0.369 e. The van der Waals surface area contributed by atoms with Crippen LogP contribution < -0.4 is 16.0 Å². The molecule has 4 rings (SSSR count). The highest BCUT2D eigenvalue weighted by Crippen LogP contribution is 2.31. The van der Waals surface area contributed by atoms with E-state index in [1.807, 2.05) is 35.2 Å². The topological polar surface area (TPSA) is 89.7 Å². The molecule has 1 aromatic carbocycles. The summed E-state index contributed by atoms with van der Waals surface area (Å²) in [4.78, 5) is 17.8. The van der Waals surface area contributed by atoms with Crippen molar-refractivity contribution in [1.82, 2.24) is 10.3 Å². The van der Waals surface area contributed by atoms with Gasteiger partial charge in [0, 0.05) is 43.6 Å². The van der Waals surface area contributed by atoms with Crippen molar-refractivity contribution >= 4 is 12.0 Å². The number of hydrogen-bond donors (Lipinski definition) is 2. The monoisotopic (exact) mass is 368 g/mol. The SMILES string of the molecule is NCC1CN(c2ccc(-c3cccnc3C3CNCCO3)cc2)C(C=O)O1. The normalized spacial score (nSPS) is 25.5. The Bertz CT molecular complexity index is 777. The van der Waals surface area contributed by atoms with Crippen molar-refractivity contribution in [3.63, 3.8) is 0 Å². The maximum absolute atomic E-state index is 11.3. The molecular formula is C20H24N4O3. The highest BCUT2D eigenvalue weighted by molar-refractivity contribution is 5.71. The third-order valence-corrected chi connectivity index (χ3v) is 5.00. The molecule has 7 nitrogen and oxygen atoms in total. The van der Waals surface area contributed by atoms with Gasteiger partial charge in [-0.2, -0.15) is 0 Å². The van der Waals surface area contributed by atoms with Crippen molar-refractivity contribution in [3.05, 3.63) is 48.3 Å². The first-order valence-corrected chi connectivity index (χ1v) is 9.25. The second kappa shape index (κ2) is 8.14. The Hall–Kier alpha value is -2.32. The summed E-state index contributed by atoms with van der Waals surface area (Å²) >= 11 is 0. The van der Waals surface area contributed by atoms with Crippen molar-refractivity contribution in [2.24, 2.45) is 5.73 Å². The lowest BCUT2D eigenvalue weighted by molar-refractivity contribution is -0.117. The van der Waals surface area contributed by atoms with Crippen LogP contribution in [-0.2, 0) is 14.3 Å². The molecule has 0 saturated carbocycles. The zero-order chi connectivity index (χ0) is 18.6. The third kappa shape index (κ3) is 3.72. The van der Waals surface area contributed by atoms with E-state index in [4.69, 9.17) is 15.2 Å². The molecule has 7 heteroatoms. The summed E-state index contributed by atoms with van der Waals surface area (Å²) in [5.74, 6) is 0. The highest BCUT2D eigenvalue weighted by Gasteiger charge is 2.32. The number of anilines is 1. The molecule has 0 radical (unpaired) electrons. The fourth-order valence-corrected chi connectivity index (χ4v) is 3.62. The average Bonchev–Trinajstić information content (AvgIpc) is 3.18. The first-order chi connectivity index (χ1) is 13.3. The van der Waals surface area contributed by atoms with Crippen LogP contribution in [0.15, 0.2) is 42.6 Å². The van der Waals surface area contributed by atoms with Crippen LogP contribution in [0.2, 0.25) is 0 Å². The lowest BCUT2D eigenvalue weighted by atomic mass is 10.00. The molecule has 0 bridgehead atoms. The first kappa shape index (κ1) is 18.1. The van der Waals surface area contributed by atoms with E-state index in [0.717, 1.165) is 41.9 Å². The lowest BCUT2D eigenvalue weighted by Crippen LogP contribution is -2.34. The Morgan fingerprint density at radius 1 is 1.30 bits per heavy atom. The number of carbonyl (C=O) groups is 1. The molecule has 1 aromatic heterocycles. The Balaban J connectivity index is 1.59. The van der Waals surface area contributed by atoms with Gasteiger partial charge in [-0.05, 0) is 23.8 Å². The lowest BCUT2D eigenvalue weighted by Gasteiger charge is -2.25. The van der Waals surface area contributed by atoms with Crippen LogP contribution in [0, 0.1) is 0 Å². The maximum atomic E-state index is 11.3. The van der Waals surface area contributed by atoms with Crippen molar-refractivity contribution in [3.8, 4) is 11.1 Å². The maximum Gasteiger partial charge on any atom is 0.187 e. The number of carbonyl (C=O) groups excluding carboxylic acids is 1. The standard InChI is InChI=1S/C20H24N4O3/c21-10-16-12-24(19(13-25)27-16)15-5-3-14(4-6-15)17-2-1-7-23-20(17)18-11-22-8-9-26-18/h1-7,13,16,18-19,22H,8-12,21H2. The molecule has 3 unspecified atom stereocenters. The molecule has 2 aliphatic heterocycles. The van der Waals surface area contributed by atoms with Crippen LogP contribution in [0.1, 0.15) is 11.8 Å². The molecular weight excluding hydrogens is 344 g/mol. The summed E-state index contributed by atoms with van der Waals surface area (Å²) in [5.41, 5.74) is 9.69. The van der Waals surface area contributed by atoms with Gasteiger partial charge in [0.15, 0.2) is 12.5 Å². The molecule has 2 aliphatic rings. The second-order valence-corrected chi connectivity index (χ2v) is 6.72. The van der Waals surface area contributed by atoms with Gasteiger partial charge in [-0.15, -0.1) is 0 Å². The van der Waals surface area contributed by atoms with E-state index < -0.39 is 6.23 Å². The molecule has 0 amide bonds. The van der Waals surface area contributed by atoms with Crippen molar-refractivity contribution in [2.75, 3.05) is 37.7 Å². The number of aldehydes is 1. The number of nitrogens with zero attached hydrogens (tertiary/aromatic N) is 2. The van der Waals surface area contributed by atoms with E-state index in [9.17, 15) is 4.79 Å². The van der Waals surface area contributed by atoms with Gasteiger partial charge in [-0.25, -0.2) is 0 Å². The quantitative estimate of drug-likeness (QED) is 0.764. The Labute approximate surface area is 158 Å². The summed E-state index contributed by atoms with van der Waals surface area (Å²) in [7, 11) is 0. The summed E-state index contributed by atoms with van der Waals surface area (Å²) in [6, 6.07) is 12.1. The summed E-state index contributed by atoms with van der Waals surface area (Å²) in [5, 5.41) is 3.35. The summed E-state index contributed by atoms with van der Waals surface area (Å²) in [6.07, 6.45) is 1.86. The fraction of sp³-hybridized carbons (Fsp3) is 0.400. The predicted molar refractivity (Wildman–Crippen MR) is 102 cm³/mol. The van der Waals surface area contributed by atoms with Crippen LogP contribution in [0.4, 0.5) is 5.69 Å². The largest absolute Gasteiger partial charge is 0.369 e. The molecule has 3 N–H and O–H groups in total. The fourth-order valence-electron chi connectivity index (χ4n) is 3.62. The van der Waals surface area contributed by atoms with E-state index in [-0.39, 0.29) is 12.2 Å². The van der Waals surface area contributed by atoms with Gasteiger partial charge < -0.3 is 25.4 Å². The molecule has 0 spiro atoms. The van der Waals surface area contributed by atoms with Gasteiger partial charge in [0.05, 0.1) is 18.4 Å². The number of benzene rings is 1. The first-order valence-electron chi connectivity index (χ1n) is 9.25. The predicted octanol–water partition coefficient (Wildman–Crippen LogP) is 1.10. The van der Waals surface area contributed by atoms with Crippen LogP contribution in [0.5, 0.6) is 0 Å². The molecule has 3 heterocycles. The number of rotatable bonds is 5. The number of pyridine rings is 1. The van der Waals surface area contributed by atoms with E-state index in [1.165, 1.54) is 0 Å². The molecule has 2 fully saturated rings. The van der Waals surface area contributed by atoms with Crippen molar-refractivity contribution < 1.29 is 14.3 Å². The molecule has 2 saturated heterocycles. The van der Waals surface area contributed by atoms with Gasteiger partial charge in [0.25, 0.3) is 0 Å². The van der Waals surface area contributed by atoms with E-state index in [2.05, 4.69) is 16.4 Å². The van der Waals surface area contributed by atoms with Crippen molar-refractivity contribution in [1.29, 1.82) is 0 Å². The molecule has 0 aliphatic carbocycles. The van der Waals surface area contributed by atoms with Gasteiger partial charge in [0.2, 0.25) is 0 Å². The van der Waals surface area contributed by atoms with Crippen LogP contribution in [-0.4, -0.2) is 56.4 Å². The van der Waals surface area contributed by atoms with Crippen LogP contribution >= 0.6 is 0 Å². The summed E-state index contributed by atoms with van der Waals surface area (Å²) in [6.45, 7) is 3.32. The zero-order valence-electron chi connectivity index (χ0n) is 15.1. The number of morpholine rings is 1. The molecule has 3 atom stereocenters. The van der Waals surface area contributed by atoms with Gasteiger partial charge >= 0.3 is 0 Å². The Morgan fingerprint density at radius 2 is 2.15 bits per heavy atom. The minimum absolute atomic E-state index is 0.0497. The van der Waals surface area contributed by atoms with Gasteiger partial charge in [0.1, 0.15) is 6.10 Å². The molecule has 27 heavy (non-hydrogen) atoms. The number of hydrogen-bond acceptors (Lipinski definition) is 7. The number of ether oxygens (including phenoxy) is 2. The highest BCUT2D eigenvalue weighted by atomic mass is 16.5. The van der Waals surface area contributed by atoms with E-state index in [1.54, 1.807) is 6.20 Å². The van der Waals surface area contributed by atoms with Crippen molar-refractivity contribution in [2.45, 2.75) is 18.4 Å². The summed E-state index contributed by atoms with van der Waals surface area (Å²) < 4.78 is 11.5. The Morgan fingerprint density at radius 3 is 2.85 bits per heavy atom. The second-order valence-electron chi connectivity index (χ2n) is 6.72. The molecule has 142 valence electrons. The van der Waals surface area contributed by atoms with Gasteiger partial charge in [-0.1, -0.05) is 18.2 Å². The van der Waals surface area contributed by atoms with E-state index in [0.29, 0.717) is 19.7 Å². The van der Waals surface area contributed by atoms with Crippen LogP contribution in [0.3, 0.4) is 0 Å². The Kier molecular flexibility index (Phi) is 5.45. The molecule has 2 aromatic rings.